The lowest BCUT2D eigenvalue weighted by Gasteiger charge is -2.29. The standard InChI is InChI=1S/C22H18ClF2N3O4/c23-15-4-2-14(3-5-15)22(24,25)21(32)26-10-12-1-6-16-13(9-12)11-28(20(16)31)17-7-8-18(29)27-19(17)30/h1-6,9,17H,7-8,10-11H2,(H,26,32)(H,27,29,30)/i7D2/hD. The minimum absolute atomic E-state index is 0.115. The van der Waals surface area contributed by atoms with Gasteiger partial charge in [-0.25, -0.2) is 0 Å². The number of nitrogens with one attached hydrogen (secondary N) is 2. The summed E-state index contributed by atoms with van der Waals surface area (Å²) in [5.74, 6) is -8.06. The van der Waals surface area contributed by atoms with E-state index in [1.54, 1.807) is 0 Å². The highest BCUT2D eigenvalue weighted by atomic mass is 35.5. The molecule has 2 aromatic carbocycles. The molecule has 1 unspecified atom stereocenters. The fraction of sp³-hybridized carbons (Fsp3) is 0.273. The molecule has 0 aromatic heterocycles. The van der Waals surface area contributed by atoms with E-state index < -0.39 is 60.5 Å². The molecule has 166 valence electrons. The molecule has 2 heterocycles. The topological polar surface area (TPSA) is 95.6 Å². The first-order chi connectivity index (χ1) is 16.3. The Morgan fingerprint density at radius 3 is 2.66 bits per heavy atom. The van der Waals surface area contributed by atoms with E-state index in [9.17, 15) is 28.0 Å². The average molecular weight is 465 g/mol. The number of carbonyl (C=O) groups excluding carboxylic acids is 4. The molecular formula is C22H18ClF2N3O4. The summed E-state index contributed by atoms with van der Waals surface area (Å²) in [5.41, 5.74) is 0.208. The van der Waals surface area contributed by atoms with E-state index in [-0.39, 0.29) is 28.0 Å². The van der Waals surface area contributed by atoms with Crippen LogP contribution in [-0.2, 0) is 33.4 Å². The lowest BCUT2D eigenvalue weighted by Crippen LogP contribution is -2.52. The van der Waals surface area contributed by atoms with E-state index in [1.165, 1.54) is 30.3 Å². The number of nitrogens with zero attached hydrogens (tertiary/aromatic N) is 1. The molecule has 4 rings (SSSR count). The van der Waals surface area contributed by atoms with Crippen molar-refractivity contribution in [3.05, 3.63) is 69.7 Å². The van der Waals surface area contributed by atoms with Crippen LogP contribution < -0.4 is 10.6 Å². The number of hydrogen-bond donors (Lipinski definition) is 2. The van der Waals surface area contributed by atoms with Crippen molar-refractivity contribution in [1.82, 2.24) is 15.5 Å². The van der Waals surface area contributed by atoms with Crippen LogP contribution in [0.5, 0.6) is 0 Å². The Balaban J connectivity index is 1.51. The van der Waals surface area contributed by atoms with Gasteiger partial charge in [0.2, 0.25) is 11.8 Å². The molecule has 0 aliphatic carbocycles. The number of alkyl halides is 2. The molecule has 1 fully saturated rings. The molecule has 2 aliphatic heterocycles. The molecule has 32 heavy (non-hydrogen) atoms. The van der Waals surface area contributed by atoms with Gasteiger partial charge in [0, 0.05) is 38.4 Å². The highest BCUT2D eigenvalue weighted by Crippen LogP contribution is 2.30. The van der Waals surface area contributed by atoms with E-state index in [1.807, 2.05) is 5.32 Å². The van der Waals surface area contributed by atoms with Gasteiger partial charge in [-0.05, 0) is 35.7 Å². The maximum atomic E-state index is 14.6. The number of piperidine rings is 1. The van der Waals surface area contributed by atoms with Gasteiger partial charge in [-0.2, -0.15) is 8.78 Å². The first-order valence-electron chi connectivity index (χ1n) is 11.0. The van der Waals surface area contributed by atoms with Crippen LogP contribution in [0.4, 0.5) is 8.78 Å². The molecule has 0 spiro atoms. The normalized spacial score (nSPS) is 21.3. The molecule has 0 saturated carbocycles. The Morgan fingerprint density at radius 1 is 1.25 bits per heavy atom. The van der Waals surface area contributed by atoms with Crippen molar-refractivity contribution in [3.63, 3.8) is 0 Å². The van der Waals surface area contributed by atoms with Gasteiger partial charge in [-0.3, -0.25) is 24.5 Å². The predicted molar refractivity (Wildman–Crippen MR) is 110 cm³/mol. The minimum Gasteiger partial charge on any atom is -0.346 e. The van der Waals surface area contributed by atoms with Crippen LogP contribution >= 0.6 is 11.6 Å². The maximum Gasteiger partial charge on any atom is 0.349 e. The van der Waals surface area contributed by atoms with Crippen LogP contribution in [0.15, 0.2) is 42.5 Å². The van der Waals surface area contributed by atoms with E-state index in [4.69, 9.17) is 15.8 Å². The molecule has 1 atom stereocenters. The van der Waals surface area contributed by atoms with Crippen LogP contribution in [0, 0.1) is 0 Å². The van der Waals surface area contributed by atoms with E-state index in [2.05, 4.69) is 0 Å². The second-order valence-electron chi connectivity index (χ2n) is 7.32. The second kappa shape index (κ2) is 8.31. The molecule has 0 radical (unpaired) electrons. The molecule has 1 saturated heterocycles. The summed E-state index contributed by atoms with van der Waals surface area (Å²) in [5, 5.41) is 2.36. The van der Waals surface area contributed by atoms with Crippen molar-refractivity contribution in [3.8, 4) is 0 Å². The third-order valence-electron chi connectivity index (χ3n) is 5.16. The van der Waals surface area contributed by atoms with Crippen molar-refractivity contribution < 1.29 is 32.1 Å². The largest absolute Gasteiger partial charge is 0.349 e. The smallest absolute Gasteiger partial charge is 0.346 e. The highest BCUT2D eigenvalue weighted by molar-refractivity contribution is 6.30. The zero-order valence-corrected chi connectivity index (χ0v) is 17.2. The highest BCUT2D eigenvalue weighted by Gasteiger charge is 2.41. The number of amides is 4. The predicted octanol–water partition coefficient (Wildman–Crippen LogP) is 2.51. The quantitative estimate of drug-likeness (QED) is 0.665. The van der Waals surface area contributed by atoms with Crippen molar-refractivity contribution >= 4 is 35.2 Å². The SMILES string of the molecule is [2H]N(Cc1ccc2c(c1)CN(C1C(=O)NC(=O)CC1([2H])[2H])C2=O)C(=O)C(F)(F)c1ccc(Cl)cc1. The Morgan fingerprint density at radius 2 is 1.97 bits per heavy atom. The monoisotopic (exact) mass is 464 g/mol. The van der Waals surface area contributed by atoms with Crippen LogP contribution in [0.1, 0.15) is 42.6 Å². The molecule has 7 nitrogen and oxygen atoms in total. The van der Waals surface area contributed by atoms with E-state index >= 15 is 0 Å². The number of benzene rings is 2. The van der Waals surface area contributed by atoms with E-state index in [0.717, 1.165) is 17.0 Å². The number of halogens is 3. The first kappa shape index (κ1) is 18.3. The Labute approximate surface area is 191 Å². The number of rotatable bonds is 5. The van der Waals surface area contributed by atoms with Gasteiger partial charge in [0.15, 0.2) is 1.41 Å². The zero-order valence-electron chi connectivity index (χ0n) is 19.4. The fourth-order valence-corrected chi connectivity index (χ4v) is 3.66. The third kappa shape index (κ3) is 4.08. The van der Waals surface area contributed by atoms with Gasteiger partial charge in [0.1, 0.15) is 6.04 Å². The van der Waals surface area contributed by atoms with Gasteiger partial charge in [-0.1, -0.05) is 35.9 Å². The number of imide groups is 1. The Hall–Kier alpha value is -3.33. The summed E-state index contributed by atoms with van der Waals surface area (Å²) in [7, 11) is 0. The van der Waals surface area contributed by atoms with Gasteiger partial charge >= 0.3 is 5.92 Å². The molecular weight excluding hydrogens is 444 g/mol. The van der Waals surface area contributed by atoms with Gasteiger partial charge in [-0.15, -0.1) is 0 Å². The lowest BCUT2D eigenvalue weighted by molar-refractivity contribution is -0.147. The van der Waals surface area contributed by atoms with Crippen molar-refractivity contribution in [2.75, 3.05) is 0 Å². The Kier molecular flexibility index (Phi) is 4.74. The number of fused-ring (bicyclic) bond motifs is 1. The molecule has 2 N–H and O–H groups in total. The van der Waals surface area contributed by atoms with Crippen LogP contribution in [0.25, 0.3) is 0 Å². The molecule has 4 amide bonds. The molecule has 0 bridgehead atoms. The molecule has 2 aliphatic rings. The third-order valence-corrected chi connectivity index (χ3v) is 5.41. The van der Waals surface area contributed by atoms with Gasteiger partial charge in [0.05, 0.1) is 0 Å². The maximum absolute atomic E-state index is 14.6. The summed E-state index contributed by atoms with van der Waals surface area (Å²) >= 11 is 5.70. The van der Waals surface area contributed by atoms with Crippen molar-refractivity contribution in [2.24, 2.45) is 0 Å². The van der Waals surface area contributed by atoms with E-state index in [0.29, 0.717) is 5.56 Å². The second-order valence-corrected chi connectivity index (χ2v) is 7.76. The summed E-state index contributed by atoms with van der Waals surface area (Å²) in [6.07, 6.45) is -2.87. The van der Waals surface area contributed by atoms with Crippen LogP contribution in [0.3, 0.4) is 0 Å². The summed E-state index contributed by atoms with van der Waals surface area (Å²) < 4.78 is 53.2. The zero-order chi connectivity index (χ0) is 25.7. The van der Waals surface area contributed by atoms with Gasteiger partial charge < -0.3 is 10.2 Å². The first-order valence-corrected chi connectivity index (χ1v) is 9.90. The minimum atomic E-state index is -3.97. The number of hydrogen-bond acceptors (Lipinski definition) is 4. The van der Waals surface area contributed by atoms with Gasteiger partial charge in [0.25, 0.3) is 11.8 Å². The summed E-state index contributed by atoms with van der Waals surface area (Å²) in [6, 6.07) is 7.06. The number of carbonyl (C=O) groups is 4. The lowest BCUT2D eigenvalue weighted by atomic mass is 10.0. The Bertz CT molecular complexity index is 1240. The fourth-order valence-electron chi connectivity index (χ4n) is 3.53. The van der Waals surface area contributed by atoms with Crippen molar-refractivity contribution in [1.29, 1.82) is 0 Å². The van der Waals surface area contributed by atoms with Crippen LogP contribution in [0.2, 0.25) is 6.43 Å². The molecule has 10 heteroatoms. The van der Waals surface area contributed by atoms with Crippen LogP contribution in [-0.4, -0.2) is 34.6 Å². The summed E-state index contributed by atoms with van der Waals surface area (Å²) in [6.45, 7) is -0.677. The van der Waals surface area contributed by atoms with Crippen molar-refractivity contribution in [2.45, 2.75) is 37.8 Å². The average Bonchev–Trinajstić information content (AvgIpc) is 3.07. The molecule has 2 aromatic rings. The summed E-state index contributed by atoms with van der Waals surface area (Å²) in [4.78, 5) is 50.0.